The summed E-state index contributed by atoms with van der Waals surface area (Å²) >= 11 is 0. The Morgan fingerprint density at radius 3 is 2.44 bits per heavy atom. The quantitative estimate of drug-likeness (QED) is 0.735. The van der Waals surface area contributed by atoms with Gasteiger partial charge in [0, 0.05) is 18.7 Å². The first-order valence-electron chi connectivity index (χ1n) is 4.96. The van der Waals surface area contributed by atoms with Crippen molar-refractivity contribution in [1.29, 1.82) is 0 Å². The lowest BCUT2D eigenvalue weighted by Crippen LogP contribution is -1.81. The predicted molar refractivity (Wildman–Crippen MR) is 64.1 cm³/mol. The third-order valence-corrected chi connectivity index (χ3v) is 2.19. The topological polar surface area (TPSA) is 12.9 Å². The molecule has 0 fully saturated rings. The lowest BCUT2D eigenvalue weighted by molar-refractivity contribution is 0.673. The van der Waals surface area contributed by atoms with Crippen LogP contribution in [0, 0.1) is 6.92 Å². The van der Waals surface area contributed by atoms with E-state index in [9.17, 15) is 4.39 Å². The van der Waals surface area contributed by atoms with Crippen LogP contribution in [0.3, 0.4) is 0 Å². The highest BCUT2D eigenvalue weighted by Gasteiger charge is 1.97. The second-order valence-corrected chi connectivity index (χ2v) is 3.43. The van der Waals surface area contributed by atoms with Gasteiger partial charge in [-0.25, -0.2) is 4.39 Å². The van der Waals surface area contributed by atoms with Gasteiger partial charge in [-0.15, -0.1) is 0 Å². The highest BCUT2D eigenvalue weighted by Crippen LogP contribution is 2.18. The molecule has 16 heavy (non-hydrogen) atoms. The van der Waals surface area contributed by atoms with Crippen molar-refractivity contribution in [3.63, 3.8) is 0 Å². The van der Waals surface area contributed by atoms with Crippen LogP contribution >= 0.6 is 0 Å². The molecule has 0 N–H and O–H groups in total. The average Bonchev–Trinajstić information content (AvgIpc) is 2.30. The van der Waals surface area contributed by atoms with Crippen LogP contribution in [0.5, 0.6) is 0 Å². The highest BCUT2D eigenvalue weighted by atomic mass is 19.1. The lowest BCUT2D eigenvalue weighted by Gasteiger charge is -2.00. The molecule has 0 amide bonds. The lowest BCUT2D eigenvalue weighted by atomic mass is 10.1. The van der Waals surface area contributed by atoms with Crippen molar-refractivity contribution in [3.05, 3.63) is 67.0 Å². The Morgan fingerprint density at radius 1 is 1.12 bits per heavy atom. The van der Waals surface area contributed by atoms with Gasteiger partial charge in [-0.3, -0.25) is 4.98 Å². The number of hydrogen-bond donors (Lipinski definition) is 0. The number of nitrogens with zero attached hydrogens (tertiary/aromatic N) is 1. The molecule has 0 aliphatic rings. The van der Waals surface area contributed by atoms with Crippen molar-refractivity contribution in [3.8, 4) is 11.3 Å². The second-order valence-electron chi connectivity index (χ2n) is 3.43. The van der Waals surface area contributed by atoms with E-state index in [1.165, 1.54) is 6.08 Å². The summed E-state index contributed by atoms with van der Waals surface area (Å²) in [7, 11) is 0. The molecule has 0 spiro atoms. The Balaban J connectivity index is 2.30. The third-order valence-electron chi connectivity index (χ3n) is 2.19. The van der Waals surface area contributed by atoms with Crippen molar-refractivity contribution in [2.75, 3.05) is 0 Å². The number of halogens is 1. The van der Waals surface area contributed by atoms with Gasteiger partial charge in [0.15, 0.2) is 0 Å². The van der Waals surface area contributed by atoms with Crippen LogP contribution in [-0.4, -0.2) is 4.98 Å². The van der Waals surface area contributed by atoms with Gasteiger partial charge < -0.3 is 0 Å². The molecule has 0 bridgehead atoms. The van der Waals surface area contributed by atoms with E-state index in [0.29, 0.717) is 0 Å². The number of rotatable bonds is 2. The fraction of sp³-hybridized carbons (Fsp3) is 0. The van der Waals surface area contributed by atoms with Crippen LogP contribution < -0.4 is 0 Å². The molecule has 0 atom stereocenters. The zero-order valence-corrected chi connectivity index (χ0v) is 8.73. The molecule has 0 saturated carbocycles. The Hall–Kier alpha value is -1.96. The van der Waals surface area contributed by atoms with Gasteiger partial charge in [-0.05, 0) is 23.8 Å². The van der Waals surface area contributed by atoms with E-state index >= 15 is 0 Å². The standard InChI is InChI=1S/C14H11FN/c1-11(15)10-12-5-7-13(8-6-12)14-4-2-3-9-16-14/h2-10H,1H2/b11-10+. The minimum absolute atomic E-state index is 0.439. The fourth-order valence-electron chi connectivity index (χ4n) is 1.46. The number of aromatic nitrogens is 1. The van der Waals surface area contributed by atoms with Crippen LogP contribution in [0.25, 0.3) is 17.3 Å². The second kappa shape index (κ2) is 4.71. The number of hydrogen-bond acceptors (Lipinski definition) is 1. The Labute approximate surface area is 94.3 Å². The molecule has 1 aromatic heterocycles. The molecule has 0 saturated heterocycles. The molecule has 1 radical (unpaired) electrons. The van der Waals surface area contributed by atoms with E-state index < -0.39 is 5.83 Å². The first-order chi connectivity index (χ1) is 7.75. The van der Waals surface area contributed by atoms with Gasteiger partial charge in [0.05, 0.1) is 5.69 Å². The molecule has 1 heterocycles. The molecular formula is C14H11FN. The fourth-order valence-corrected chi connectivity index (χ4v) is 1.46. The van der Waals surface area contributed by atoms with Gasteiger partial charge in [-0.1, -0.05) is 30.3 Å². The summed E-state index contributed by atoms with van der Waals surface area (Å²) < 4.78 is 12.5. The van der Waals surface area contributed by atoms with Crippen LogP contribution in [0.2, 0.25) is 0 Å². The van der Waals surface area contributed by atoms with E-state index in [1.807, 2.05) is 42.5 Å². The van der Waals surface area contributed by atoms with Crippen molar-refractivity contribution < 1.29 is 4.39 Å². The van der Waals surface area contributed by atoms with Gasteiger partial charge in [-0.2, -0.15) is 0 Å². The van der Waals surface area contributed by atoms with Crippen LogP contribution in [-0.2, 0) is 0 Å². The molecule has 2 rings (SSSR count). The minimum atomic E-state index is -0.439. The summed E-state index contributed by atoms with van der Waals surface area (Å²) in [5.41, 5.74) is 2.72. The summed E-state index contributed by atoms with van der Waals surface area (Å²) in [6.45, 7) is 3.20. The van der Waals surface area contributed by atoms with E-state index in [2.05, 4.69) is 11.9 Å². The van der Waals surface area contributed by atoms with Gasteiger partial charge >= 0.3 is 0 Å². The zero-order valence-electron chi connectivity index (χ0n) is 8.73. The minimum Gasteiger partial charge on any atom is -0.256 e. The Kier molecular flexibility index (Phi) is 3.10. The van der Waals surface area contributed by atoms with E-state index in [4.69, 9.17) is 0 Å². The van der Waals surface area contributed by atoms with Crippen LogP contribution in [0.15, 0.2) is 54.5 Å². The monoisotopic (exact) mass is 212 g/mol. The number of pyridine rings is 1. The summed E-state index contributed by atoms with van der Waals surface area (Å²) in [5, 5.41) is 0. The van der Waals surface area contributed by atoms with Crippen LogP contribution in [0.1, 0.15) is 5.56 Å². The summed E-state index contributed by atoms with van der Waals surface area (Å²) in [4.78, 5) is 4.24. The maximum absolute atomic E-state index is 12.5. The van der Waals surface area contributed by atoms with E-state index in [-0.39, 0.29) is 0 Å². The molecule has 1 aromatic carbocycles. The zero-order chi connectivity index (χ0) is 11.4. The van der Waals surface area contributed by atoms with Gasteiger partial charge in [0.1, 0.15) is 5.83 Å². The largest absolute Gasteiger partial charge is 0.256 e. The molecule has 0 aliphatic carbocycles. The summed E-state index contributed by atoms with van der Waals surface area (Å²) in [6.07, 6.45) is 3.14. The number of allylic oxidation sites excluding steroid dienone is 1. The molecule has 0 unspecified atom stereocenters. The highest BCUT2D eigenvalue weighted by molar-refractivity contribution is 5.62. The Morgan fingerprint density at radius 2 is 1.88 bits per heavy atom. The maximum Gasteiger partial charge on any atom is 0.101 e. The molecule has 1 nitrogen and oxygen atoms in total. The first kappa shape index (κ1) is 10.6. The molecule has 0 aliphatic heterocycles. The molecule has 79 valence electrons. The SMILES string of the molecule is [CH2]/C(F)=C\c1ccc(-c2ccccn2)cc1. The van der Waals surface area contributed by atoms with Crippen LogP contribution in [0.4, 0.5) is 4.39 Å². The smallest absolute Gasteiger partial charge is 0.101 e. The van der Waals surface area contributed by atoms with Gasteiger partial charge in [0.25, 0.3) is 0 Å². The first-order valence-corrected chi connectivity index (χ1v) is 4.96. The van der Waals surface area contributed by atoms with E-state index in [1.54, 1.807) is 6.20 Å². The van der Waals surface area contributed by atoms with Crippen molar-refractivity contribution in [2.24, 2.45) is 0 Å². The van der Waals surface area contributed by atoms with Crippen molar-refractivity contribution in [2.45, 2.75) is 0 Å². The molecule has 2 aromatic rings. The summed E-state index contributed by atoms with van der Waals surface area (Å²) in [6, 6.07) is 13.3. The van der Waals surface area contributed by atoms with Crippen molar-refractivity contribution >= 4 is 6.08 Å². The summed E-state index contributed by atoms with van der Waals surface area (Å²) in [5.74, 6) is -0.439. The van der Waals surface area contributed by atoms with E-state index in [0.717, 1.165) is 16.8 Å². The van der Waals surface area contributed by atoms with Crippen molar-refractivity contribution in [1.82, 2.24) is 4.98 Å². The maximum atomic E-state index is 12.5. The predicted octanol–water partition coefficient (Wildman–Crippen LogP) is 3.89. The average molecular weight is 212 g/mol. The molecule has 2 heteroatoms. The van der Waals surface area contributed by atoms with Gasteiger partial charge in [0.2, 0.25) is 0 Å². The number of benzene rings is 1. The normalized spacial score (nSPS) is 11.5. The third kappa shape index (κ3) is 2.54. The molecular weight excluding hydrogens is 201 g/mol. The Bertz CT molecular complexity index is 482.